The number of hydrogen-bond donors (Lipinski definition) is 0. The largest absolute Gasteiger partial charge is 0.708 e. The van der Waals surface area contributed by atoms with Crippen molar-refractivity contribution in [3.8, 4) is 0 Å². The lowest BCUT2D eigenvalue weighted by Gasteiger charge is -2.32. The van der Waals surface area contributed by atoms with E-state index in [0.717, 1.165) is 51.4 Å². The lowest BCUT2D eigenvalue weighted by atomic mass is 10.0. The van der Waals surface area contributed by atoms with Gasteiger partial charge in [-0.15, -0.1) is 6.58 Å². The van der Waals surface area contributed by atoms with Gasteiger partial charge in [-0.2, -0.15) is 0 Å². The molecule has 0 aromatic heterocycles. The lowest BCUT2D eigenvalue weighted by molar-refractivity contribution is -0.148. The van der Waals surface area contributed by atoms with Crippen LogP contribution < -0.4 is 0 Å². The van der Waals surface area contributed by atoms with Gasteiger partial charge in [0.15, 0.2) is 0 Å². The quantitative estimate of drug-likeness (QED) is 0.123. The van der Waals surface area contributed by atoms with Crippen LogP contribution in [0.1, 0.15) is 118 Å². The SMILES string of the molecule is C=CCCCCCCC(CCCCCCCCC)[Si](OC(C)=O)(OC(C)=O)OC(C)=O. The first-order chi connectivity index (χ1) is 14.8. The van der Waals surface area contributed by atoms with E-state index in [1.165, 1.54) is 46.5 Å². The minimum atomic E-state index is -3.84. The van der Waals surface area contributed by atoms with Crippen LogP contribution >= 0.6 is 0 Å². The van der Waals surface area contributed by atoms with Crippen molar-refractivity contribution >= 4 is 26.7 Å². The number of allylic oxidation sites excluding steroid dienone is 1. The molecule has 180 valence electrons. The summed E-state index contributed by atoms with van der Waals surface area (Å²) in [6.07, 6.45) is 16.5. The second kappa shape index (κ2) is 18.0. The summed E-state index contributed by atoms with van der Waals surface area (Å²) in [6.45, 7) is 9.72. The Labute approximate surface area is 190 Å². The first kappa shape index (κ1) is 29.4. The van der Waals surface area contributed by atoms with E-state index in [2.05, 4.69) is 13.5 Å². The van der Waals surface area contributed by atoms with Gasteiger partial charge in [-0.1, -0.05) is 77.2 Å². The normalized spacial score (nSPS) is 12.1. The van der Waals surface area contributed by atoms with Crippen molar-refractivity contribution in [2.24, 2.45) is 0 Å². The number of carbonyl (C=O) groups excluding carboxylic acids is 3. The van der Waals surface area contributed by atoms with Crippen molar-refractivity contribution in [1.29, 1.82) is 0 Å². The summed E-state index contributed by atoms with van der Waals surface area (Å²) in [5, 5.41) is 0. The van der Waals surface area contributed by atoms with Crippen LogP contribution in [0.3, 0.4) is 0 Å². The van der Waals surface area contributed by atoms with Gasteiger partial charge in [-0.25, -0.2) is 0 Å². The highest BCUT2D eigenvalue weighted by molar-refractivity contribution is 6.67. The molecule has 1 atom stereocenters. The van der Waals surface area contributed by atoms with Gasteiger partial charge in [0.1, 0.15) is 0 Å². The molecule has 0 rings (SSSR count). The third-order valence-electron chi connectivity index (χ3n) is 5.22. The van der Waals surface area contributed by atoms with Crippen LogP contribution in [-0.2, 0) is 27.7 Å². The minimum Gasteiger partial charge on any atom is -0.455 e. The molecule has 0 amide bonds. The summed E-state index contributed by atoms with van der Waals surface area (Å²) in [5.74, 6) is -1.78. The Morgan fingerprint density at radius 3 is 1.48 bits per heavy atom. The van der Waals surface area contributed by atoms with Crippen molar-refractivity contribution in [2.75, 3.05) is 0 Å². The van der Waals surface area contributed by atoms with E-state index in [1.54, 1.807) is 0 Å². The molecule has 31 heavy (non-hydrogen) atoms. The zero-order valence-electron chi connectivity index (χ0n) is 20.2. The summed E-state index contributed by atoms with van der Waals surface area (Å²) >= 11 is 0. The van der Waals surface area contributed by atoms with E-state index >= 15 is 0 Å². The standard InChI is InChI=1S/C24H44O6Si/c1-6-8-10-12-14-16-18-20-24(19-17-15-13-11-9-7-2)31(28-21(3)25,29-22(4)26)30-23(5)27/h7,24H,2,6,8-20H2,1,3-5H3. The summed E-state index contributed by atoms with van der Waals surface area (Å²) in [5.41, 5.74) is -0.265. The number of unbranched alkanes of at least 4 members (excludes halogenated alkanes) is 10. The van der Waals surface area contributed by atoms with Gasteiger partial charge < -0.3 is 13.3 Å². The first-order valence-electron chi connectivity index (χ1n) is 12.0. The van der Waals surface area contributed by atoms with E-state index < -0.39 is 26.7 Å². The van der Waals surface area contributed by atoms with Crippen LogP contribution in [-0.4, -0.2) is 26.7 Å². The minimum absolute atomic E-state index is 0.265. The predicted molar refractivity (Wildman–Crippen MR) is 125 cm³/mol. The Hall–Kier alpha value is -1.63. The average molecular weight is 457 g/mol. The van der Waals surface area contributed by atoms with E-state index in [-0.39, 0.29) is 5.54 Å². The molecule has 0 heterocycles. The second-order valence-corrected chi connectivity index (χ2v) is 10.9. The summed E-state index contributed by atoms with van der Waals surface area (Å²) in [4.78, 5) is 35.6. The molecule has 0 N–H and O–H groups in total. The molecule has 0 aliphatic carbocycles. The van der Waals surface area contributed by atoms with Gasteiger partial charge in [0, 0.05) is 20.8 Å². The van der Waals surface area contributed by atoms with Crippen molar-refractivity contribution in [2.45, 2.75) is 123 Å². The first-order valence-corrected chi connectivity index (χ1v) is 13.8. The smallest absolute Gasteiger partial charge is 0.455 e. The van der Waals surface area contributed by atoms with Crippen LogP contribution in [0.25, 0.3) is 0 Å². The molecule has 0 aliphatic rings. The molecule has 0 bridgehead atoms. The summed E-state index contributed by atoms with van der Waals surface area (Å²) in [7, 11) is -3.84. The van der Waals surface area contributed by atoms with Gasteiger partial charge in [0.05, 0.1) is 5.54 Å². The second-order valence-electron chi connectivity index (χ2n) is 8.27. The summed E-state index contributed by atoms with van der Waals surface area (Å²) in [6, 6.07) is 0. The molecule has 6 nitrogen and oxygen atoms in total. The van der Waals surface area contributed by atoms with Crippen molar-refractivity contribution in [3.63, 3.8) is 0 Å². The zero-order valence-corrected chi connectivity index (χ0v) is 21.2. The Bertz CT molecular complexity index is 493. The highest BCUT2D eigenvalue weighted by Crippen LogP contribution is 2.36. The summed E-state index contributed by atoms with van der Waals surface area (Å²) < 4.78 is 16.6. The Morgan fingerprint density at radius 2 is 1.10 bits per heavy atom. The number of hydrogen-bond acceptors (Lipinski definition) is 6. The molecule has 0 saturated heterocycles. The molecule has 0 saturated carbocycles. The fourth-order valence-electron chi connectivity index (χ4n) is 3.79. The molecule has 0 fully saturated rings. The number of carbonyl (C=O) groups is 3. The Morgan fingerprint density at radius 1 is 0.710 bits per heavy atom. The van der Waals surface area contributed by atoms with Crippen LogP contribution in [0.5, 0.6) is 0 Å². The van der Waals surface area contributed by atoms with Gasteiger partial charge in [0.2, 0.25) is 0 Å². The maximum absolute atomic E-state index is 11.9. The van der Waals surface area contributed by atoms with Gasteiger partial charge in [-0.3, -0.25) is 14.4 Å². The van der Waals surface area contributed by atoms with E-state index in [0.29, 0.717) is 12.8 Å². The van der Waals surface area contributed by atoms with Crippen LogP contribution in [0, 0.1) is 0 Å². The fraction of sp³-hybridized carbons (Fsp3) is 0.792. The molecular formula is C24H44O6Si. The zero-order chi connectivity index (χ0) is 23.5. The third-order valence-corrected chi connectivity index (χ3v) is 8.52. The highest BCUT2D eigenvalue weighted by atomic mass is 28.4. The van der Waals surface area contributed by atoms with Gasteiger partial charge in [-0.05, 0) is 25.7 Å². The molecular weight excluding hydrogens is 412 g/mol. The fourth-order valence-corrected chi connectivity index (χ4v) is 6.73. The Balaban J connectivity index is 5.23. The molecule has 7 heteroatoms. The third kappa shape index (κ3) is 14.9. The molecule has 0 aliphatic heterocycles. The highest BCUT2D eigenvalue weighted by Gasteiger charge is 2.58. The van der Waals surface area contributed by atoms with Gasteiger partial charge >= 0.3 is 8.80 Å². The van der Waals surface area contributed by atoms with Crippen LogP contribution in [0.4, 0.5) is 0 Å². The Kier molecular flexibility index (Phi) is 17.0. The van der Waals surface area contributed by atoms with Crippen LogP contribution in [0.15, 0.2) is 12.7 Å². The van der Waals surface area contributed by atoms with E-state index in [4.69, 9.17) is 13.3 Å². The predicted octanol–water partition coefficient (Wildman–Crippen LogP) is 6.65. The topological polar surface area (TPSA) is 78.9 Å². The molecule has 0 spiro atoms. The van der Waals surface area contributed by atoms with Crippen molar-refractivity contribution in [3.05, 3.63) is 12.7 Å². The van der Waals surface area contributed by atoms with Crippen molar-refractivity contribution < 1.29 is 27.7 Å². The van der Waals surface area contributed by atoms with E-state index in [1.807, 2.05) is 6.08 Å². The molecule has 0 aromatic carbocycles. The van der Waals surface area contributed by atoms with E-state index in [9.17, 15) is 14.4 Å². The molecule has 1 unspecified atom stereocenters. The lowest BCUT2D eigenvalue weighted by Crippen LogP contribution is -2.53. The number of rotatable bonds is 19. The van der Waals surface area contributed by atoms with Gasteiger partial charge in [0.25, 0.3) is 17.9 Å². The molecule has 0 aromatic rings. The van der Waals surface area contributed by atoms with Crippen molar-refractivity contribution in [1.82, 2.24) is 0 Å². The maximum Gasteiger partial charge on any atom is 0.708 e. The maximum atomic E-state index is 11.9. The average Bonchev–Trinajstić information content (AvgIpc) is 2.66. The van der Waals surface area contributed by atoms with Crippen LogP contribution in [0.2, 0.25) is 5.54 Å². The monoisotopic (exact) mass is 456 g/mol. The molecule has 0 radical (unpaired) electrons.